The fourth-order valence-electron chi connectivity index (χ4n) is 3.21. The number of allylic oxidation sites excluding steroid dienone is 1. The van der Waals surface area contributed by atoms with Crippen LogP contribution in [0.5, 0.6) is 0 Å². The van der Waals surface area contributed by atoms with Crippen LogP contribution in [-0.2, 0) is 15.0 Å². The molecule has 2 rings (SSSR count). The van der Waals surface area contributed by atoms with Gasteiger partial charge in [-0.15, -0.1) is 0 Å². The summed E-state index contributed by atoms with van der Waals surface area (Å²) in [5, 5.41) is 10.2. The molecule has 27 heavy (non-hydrogen) atoms. The number of ether oxygens (including phenoxy) is 2. The largest absolute Gasteiger partial charge is 0.432 e. The smallest absolute Gasteiger partial charge is 0.379 e. The molecule has 0 aliphatic carbocycles. The second-order valence-corrected chi connectivity index (χ2v) is 7.17. The molecule has 0 aromatic heterocycles. The Labute approximate surface area is 169 Å². The summed E-state index contributed by atoms with van der Waals surface area (Å²) in [4.78, 5) is 1.08. The number of benzene rings is 1. The van der Waals surface area contributed by atoms with Gasteiger partial charge in [0.15, 0.2) is 0 Å². The van der Waals surface area contributed by atoms with E-state index < -0.39 is 23.3 Å². The molecule has 1 heterocycles. The van der Waals surface area contributed by atoms with Crippen LogP contribution >= 0.6 is 27.5 Å². The summed E-state index contributed by atoms with van der Waals surface area (Å²) in [5.74, 6) is -1.14. The highest BCUT2D eigenvalue weighted by atomic mass is 79.9. The summed E-state index contributed by atoms with van der Waals surface area (Å²) in [6.45, 7) is 3.48. The minimum atomic E-state index is -4.68. The SMILES string of the molecule is CCOCN1C(C(F)(F)F)=C(Br)C(C#N)C1(COCC)c1ccc(Cl)cc1. The van der Waals surface area contributed by atoms with Crippen molar-refractivity contribution in [3.05, 3.63) is 45.0 Å². The van der Waals surface area contributed by atoms with Crippen LogP contribution in [0.15, 0.2) is 34.4 Å². The Hall–Kier alpha value is -1.27. The third-order valence-electron chi connectivity index (χ3n) is 4.40. The molecular formula is C18H19BrClF3N2O2. The van der Waals surface area contributed by atoms with Crippen LogP contribution in [-0.4, -0.2) is 37.6 Å². The van der Waals surface area contributed by atoms with Crippen molar-refractivity contribution in [1.29, 1.82) is 5.26 Å². The predicted octanol–water partition coefficient (Wildman–Crippen LogP) is 5.19. The molecule has 2 atom stereocenters. The number of nitrogens with zero attached hydrogens (tertiary/aromatic N) is 2. The molecule has 4 nitrogen and oxygen atoms in total. The van der Waals surface area contributed by atoms with Crippen molar-refractivity contribution in [2.24, 2.45) is 5.92 Å². The van der Waals surface area contributed by atoms with Gasteiger partial charge in [0.05, 0.1) is 12.7 Å². The molecule has 0 amide bonds. The molecule has 1 aromatic carbocycles. The molecule has 2 unspecified atom stereocenters. The van der Waals surface area contributed by atoms with Gasteiger partial charge in [-0.05, 0) is 31.5 Å². The van der Waals surface area contributed by atoms with Crippen molar-refractivity contribution in [2.75, 3.05) is 26.6 Å². The lowest BCUT2D eigenvalue weighted by atomic mass is 9.80. The average molecular weight is 468 g/mol. The summed E-state index contributed by atoms with van der Waals surface area (Å²) in [6.07, 6.45) is -4.68. The van der Waals surface area contributed by atoms with Gasteiger partial charge in [0.25, 0.3) is 0 Å². The first-order valence-corrected chi connectivity index (χ1v) is 9.46. The molecule has 1 aromatic rings. The molecule has 9 heteroatoms. The minimum absolute atomic E-state index is 0.120. The van der Waals surface area contributed by atoms with Gasteiger partial charge >= 0.3 is 6.18 Å². The second-order valence-electron chi connectivity index (χ2n) is 5.87. The van der Waals surface area contributed by atoms with Crippen molar-refractivity contribution in [3.63, 3.8) is 0 Å². The van der Waals surface area contributed by atoms with Crippen molar-refractivity contribution in [3.8, 4) is 6.07 Å². The molecule has 0 fully saturated rings. The topological polar surface area (TPSA) is 45.5 Å². The molecule has 0 saturated carbocycles. The minimum Gasteiger partial charge on any atom is -0.379 e. The Morgan fingerprint density at radius 3 is 2.30 bits per heavy atom. The third kappa shape index (κ3) is 4.11. The summed E-state index contributed by atoms with van der Waals surface area (Å²) in [7, 11) is 0. The van der Waals surface area contributed by atoms with Gasteiger partial charge in [-0.3, -0.25) is 0 Å². The molecule has 1 aliphatic rings. The molecule has 0 spiro atoms. The van der Waals surface area contributed by atoms with Crippen molar-refractivity contribution in [1.82, 2.24) is 4.90 Å². The van der Waals surface area contributed by atoms with E-state index in [0.717, 1.165) is 4.90 Å². The standard InChI is InChI=1S/C18H19BrClF3N2O2/c1-3-26-10-17(12-5-7-13(20)8-6-12)14(9-24)15(19)16(18(21,22)23)25(17)11-27-4-2/h5-8,14H,3-4,10-11H2,1-2H3. The average Bonchev–Trinajstić information content (AvgIpc) is 2.86. The highest BCUT2D eigenvalue weighted by Gasteiger charge is 2.60. The van der Waals surface area contributed by atoms with Crippen molar-refractivity contribution < 1.29 is 22.6 Å². The lowest BCUT2D eigenvalue weighted by Crippen LogP contribution is -2.52. The van der Waals surface area contributed by atoms with E-state index in [-0.39, 0.29) is 31.0 Å². The highest BCUT2D eigenvalue weighted by Crippen LogP contribution is 2.54. The molecule has 0 radical (unpaired) electrons. The van der Waals surface area contributed by atoms with E-state index in [1.54, 1.807) is 38.1 Å². The fraction of sp³-hybridized carbons (Fsp3) is 0.500. The van der Waals surface area contributed by atoms with E-state index in [1.165, 1.54) is 0 Å². The van der Waals surface area contributed by atoms with Crippen molar-refractivity contribution in [2.45, 2.75) is 25.6 Å². The Kier molecular flexibility index (Phi) is 7.20. The van der Waals surface area contributed by atoms with Gasteiger partial charge in [-0.2, -0.15) is 18.4 Å². The Balaban J connectivity index is 2.73. The lowest BCUT2D eigenvalue weighted by molar-refractivity contribution is -0.139. The second kappa shape index (κ2) is 8.82. The van der Waals surface area contributed by atoms with E-state index in [4.69, 9.17) is 21.1 Å². The highest BCUT2D eigenvalue weighted by molar-refractivity contribution is 9.11. The number of halogens is 5. The first kappa shape index (κ1) is 22.0. The van der Waals surface area contributed by atoms with E-state index >= 15 is 0 Å². The first-order valence-electron chi connectivity index (χ1n) is 8.29. The van der Waals surface area contributed by atoms with Crippen LogP contribution in [0.1, 0.15) is 19.4 Å². The van der Waals surface area contributed by atoms with E-state index in [0.29, 0.717) is 10.6 Å². The van der Waals surface area contributed by atoms with Gasteiger partial charge in [0.2, 0.25) is 0 Å². The van der Waals surface area contributed by atoms with Crippen LogP contribution in [0, 0.1) is 17.2 Å². The summed E-state index contributed by atoms with van der Waals surface area (Å²) >= 11 is 8.99. The fourth-order valence-corrected chi connectivity index (χ4v) is 4.25. The first-order chi connectivity index (χ1) is 12.7. The van der Waals surface area contributed by atoms with Gasteiger partial charge in [0.1, 0.15) is 23.9 Å². The van der Waals surface area contributed by atoms with E-state index in [2.05, 4.69) is 15.9 Å². The Morgan fingerprint density at radius 1 is 1.22 bits per heavy atom. The lowest BCUT2D eigenvalue weighted by Gasteiger charge is -2.43. The quantitative estimate of drug-likeness (QED) is 0.554. The van der Waals surface area contributed by atoms with Gasteiger partial charge in [-0.1, -0.05) is 39.7 Å². The Bertz CT molecular complexity index is 734. The predicted molar refractivity (Wildman–Crippen MR) is 99.1 cm³/mol. The molecule has 1 aliphatic heterocycles. The number of alkyl halides is 3. The number of nitriles is 1. The molecule has 148 valence electrons. The maximum absolute atomic E-state index is 13.9. The van der Waals surface area contributed by atoms with Crippen LogP contribution in [0.2, 0.25) is 5.02 Å². The number of hydrogen-bond donors (Lipinski definition) is 0. The molecule has 0 saturated heterocycles. The molecule has 0 N–H and O–H groups in total. The van der Waals surface area contributed by atoms with Gasteiger partial charge in [-0.25, -0.2) is 0 Å². The van der Waals surface area contributed by atoms with E-state index in [9.17, 15) is 18.4 Å². The third-order valence-corrected chi connectivity index (χ3v) is 5.49. The van der Waals surface area contributed by atoms with Crippen LogP contribution in [0.4, 0.5) is 13.2 Å². The summed E-state index contributed by atoms with van der Waals surface area (Å²) in [5.41, 5.74) is -1.85. The maximum Gasteiger partial charge on any atom is 0.432 e. The van der Waals surface area contributed by atoms with Crippen LogP contribution in [0.3, 0.4) is 0 Å². The van der Waals surface area contributed by atoms with Crippen LogP contribution < -0.4 is 0 Å². The zero-order valence-electron chi connectivity index (χ0n) is 14.8. The molecular weight excluding hydrogens is 449 g/mol. The molecule has 0 bridgehead atoms. The number of hydrogen-bond acceptors (Lipinski definition) is 4. The summed E-state index contributed by atoms with van der Waals surface area (Å²) < 4.78 is 52.3. The Morgan fingerprint density at radius 2 is 1.81 bits per heavy atom. The normalized spacial score (nSPS) is 23.0. The monoisotopic (exact) mass is 466 g/mol. The van der Waals surface area contributed by atoms with E-state index in [1.807, 2.05) is 6.07 Å². The zero-order valence-corrected chi connectivity index (χ0v) is 17.2. The summed E-state index contributed by atoms with van der Waals surface area (Å²) in [6, 6.07) is 8.41. The number of rotatable bonds is 7. The van der Waals surface area contributed by atoms with Crippen LogP contribution in [0.25, 0.3) is 0 Å². The zero-order chi connectivity index (χ0) is 20.2. The van der Waals surface area contributed by atoms with Gasteiger partial charge < -0.3 is 14.4 Å². The van der Waals surface area contributed by atoms with Crippen molar-refractivity contribution >= 4 is 27.5 Å². The van der Waals surface area contributed by atoms with Gasteiger partial charge in [0, 0.05) is 22.7 Å². The maximum atomic E-state index is 13.9.